The molecule has 0 saturated carbocycles. The Balaban J connectivity index is 1.98. The predicted molar refractivity (Wildman–Crippen MR) is 104 cm³/mol. The van der Waals surface area contributed by atoms with Gasteiger partial charge in [-0.25, -0.2) is 0 Å². The summed E-state index contributed by atoms with van der Waals surface area (Å²) in [5.74, 6) is 0.452. The fraction of sp³-hybridized carbons (Fsp3) is 0.333. The zero-order valence-electron chi connectivity index (χ0n) is 15.8. The fourth-order valence-electron chi connectivity index (χ4n) is 2.64. The Hall–Kier alpha value is -3.02. The second kappa shape index (κ2) is 10.2. The van der Waals surface area contributed by atoms with Crippen molar-refractivity contribution in [3.05, 3.63) is 59.7 Å². The van der Waals surface area contributed by atoms with Crippen LogP contribution < -0.4 is 15.2 Å². The number of carbonyl (C=O) groups excluding carboxylic acids is 2. The van der Waals surface area contributed by atoms with Gasteiger partial charge in [-0.3, -0.25) is 9.59 Å². The summed E-state index contributed by atoms with van der Waals surface area (Å²) in [6.07, 6.45) is 0.813. The van der Waals surface area contributed by atoms with Crippen LogP contribution in [0.25, 0.3) is 0 Å². The number of benzene rings is 2. The zero-order chi connectivity index (χ0) is 19.6. The van der Waals surface area contributed by atoms with Gasteiger partial charge in [0.05, 0.1) is 7.11 Å². The van der Waals surface area contributed by atoms with Gasteiger partial charge in [-0.05, 0) is 36.6 Å². The second-order valence-electron chi connectivity index (χ2n) is 6.28. The predicted octanol–water partition coefficient (Wildman–Crippen LogP) is 2.33. The second-order valence-corrected chi connectivity index (χ2v) is 6.28. The van der Waals surface area contributed by atoms with E-state index >= 15 is 0 Å². The molecule has 6 nitrogen and oxygen atoms in total. The average molecular weight is 370 g/mol. The lowest BCUT2D eigenvalue weighted by atomic mass is 10.1. The van der Waals surface area contributed by atoms with Crippen molar-refractivity contribution in [1.82, 2.24) is 4.90 Å². The summed E-state index contributed by atoms with van der Waals surface area (Å²) in [6.45, 7) is 2.58. The standard InChI is InChI=1S/C21H26N2O4/c1-16-8-9-18(19(14-16)26-2)27-15-21(25)23(13-11-20(22)24)12-10-17-6-4-3-5-7-17/h3-9,14H,10-13,15H2,1-2H3,(H2,22,24). The number of hydrogen-bond acceptors (Lipinski definition) is 4. The number of nitrogens with zero attached hydrogens (tertiary/aromatic N) is 1. The molecule has 0 saturated heterocycles. The van der Waals surface area contributed by atoms with Crippen molar-refractivity contribution >= 4 is 11.8 Å². The molecule has 0 aliphatic rings. The quantitative estimate of drug-likeness (QED) is 0.696. The minimum atomic E-state index is -0.436. The largest absolute Gasteiger partial charge is 0.493 e. The molecular weight excluding hydrogens is 344 g/mol. The first-order chi connectivity index (χ1) is 13.0. The number of methoxy groups -OCH3 is 1. The molecule has 0 unspecified atom stereocenters. The third kappa shape index (κ3) is 6.66. The maximum absolute atomic E-state index is 12.6. The Labute approximate surface area is 159 Å². The summed E-state index contributed by atoms with van der Waals surface area (Å²) in [5, 5.41) is 0. The highest BCUT2D eigenvalue weighted by Gasteiger charge is 2.16. The lowest BCUT2D eigenvalue weighted by Gasteiger charge is -2.22. The Bertz CT molecular complexity index is 762. The normalized spacial score (nSPS) is 10.3. The van der Waals surface area contributed by atoms with Gasteiger partial charge >= 0.3 is 0 Å². The van der Waals surface area contributed by atoms with Gasteiger partial charge in [-0.15, -0.1) is 0 Å². The van der Waals surface area contributed by atoms with E-state index in [4.69, 9.17) is 15.2 Å². The van der Waals surface area contributed by atoms with Gasteiger partial charge in [0.15, 0.2) is 18.1 Å². The zero-order valence-corrected chi connectivity index (χ0v) is 15.8. The highest BCUT2D eigenvalue weighted by molar-refractivity contribution is 5.79. The monoisotopic (exact) mass is 370 g/mol. The van der Waals surface area contributed by atoms with Gasteiger partial charge in [0, 0.05) is 19.5 Å². The van der Waals surface area contributed by atoms with Crippen molar-refractivity contribution in [2.24, 2.45) is 5.73 Å². The first-order valence-corrected chi connectivity index (χ1v) is 8.87. The lowest BCUT2D eigenvalue weighted by molar-refractivity contribution is -0.133. The average Bonchev–Trinajstić information content (AvgIpc) is 2.67. The number of carbonyl (C=O) groups is 2. The number of hydrogen-bond donors (Lipinski definition) is 1. The van der Waals surface area contributed by atoms with E-state index in [1.54, 1.807) is 18.1 Å². The molecule has 0 aliphatic carbocycles. The molecule has 0 aromatic heterocycles. The Morgan fingerprint density at radius 1 is 1.04 bits per heavy atom. The molecule has 0 spiro atoms. The van der Waals surface area contributed by atoms with Crippen LogP contribution in [0.3, 0.4) is 0 Å². The van der Waals surface area contributed by atoms with E-state index in [-0.39, 0.29) is 25.5 Å². The van der Waals surface area contributed by atoms with E-state index in [9.17, 15) is 9.59 Å². The van der Waals surface area contributed by atoms with E-state index in [1.165, 1.54) is 0 Å². The van der Waals surface area contributed by atoms with E-state index in [0.717, 1.165) is 11.1 Å². The third-order valence-electron chi connectivity index (χ3n) is 4.16. The summed E-state index contributed by atoms with van der Waals surface area (Å²) in [5.41, 5.74) is 7.40. The van der Waals surface area contributed by atoms with E-state index in [2.05, 4.69) is 0 Å². The van der Waals surface area contributed by atoms with Crippen LogP contribution in [-0.2, 0) is 16.0 Å². The number of aryl methyl sites for hydroxylation is 1. The van der Waals surface area contributed by atoms with Gasteiger partial charge in [-0.1, -0.05) is 36.4 Å². The van der Waals surface area contributed by atoms with Gasteiger partial charge in [0.2, 0.25) is 5.91 Å². The smallest absolute Gasteiger partial charge is 0.260 e. The number of nitrogens with two attached hydrogens (primary N) is 1. The van der Waals surface area contributed by atoms with Gasteiger partial charge in [-0.2, -0.15) is 0 Å². The highest BCUT2D eigenvalue weighted by atomic mass is 16.5. The first-order valence-electron chi connectivity index (χ1n) is 8.87. The van der Waals surface area contributed by atoms with Crippen molar-refractivity contribution < 1.29 is 19.1 Å². The Morgan fingerprint density at radius 2 is 1.78 bits per heavy atom. The van der Waals surface area contributed by atoms with E-state index in [0.29, 0.717) is 24.5 Å². The van der Waals surface area contributed by atoms with Crippen molar-refractivity contribution in [3.63, 3.8) is 0 Å². The lowest BCUT2D eigenvalue weighted by Crippen LogP contribution is -2.38. The van der Waals surface area contributed by atoms with Gasteiger partial charge < -0.3 is 20.1 Å². The van der Waals surface area contributed by atoms with Crippen LogP contribution in [0.5, 0.6) is 11.5 Å². The molecule has 2 amide bonds. The summed E-state index contributed by atoms with van der Waals surface area (Å²) in [4.78, 5) is 25.4. The van der Waals surface area contributed by atoms with Crippen molar-refractivity contribution in [3.8, 4) is 11.5 Å². The minimum absolute atomic E-state index is 0.119. The van der Waals surface area contributed by atoms with Gasteiger partial charge in [0.25, 0.3) is 5.91 Å². The number of amides is 2. The SMILES string of the molecule is COc1cc(C)ccc1OCC(=O)N(CCC(N)=O)CCc1ccccc1. The van der Waals surface area contributed by atoms with Crippen molar-refractivity contribution in [1.29, 1.82) is 0 Å². The topological polar surface area (TPSA) is 81.9 Å². The third-order valence-corrected chi connectivity index (χ3v) is 4.16. The number of rotatable bonds is 10. The number of ether oxygens (including phenoxy) is 2. The van der Waals surface area contributed by atoms with Crippen LogP contribution in [0.1, 0.15) is 17.5 Å². The molecular formula is C21H26N2O4. The van der Waals surface area contributed by atoms with Crippen LogP contribution >= 0.6 is 0 Å². The van der Waals surface area contributed by atoms with E-state index in [1.807, 2.05) is 49.4 Å². The molecule has 6 heteroatoms. The molecule has 0 radical (unpaired) electrons. The maximum atomic E-state index is 12.6. The summed E-state index contributed by atoms with van der Waals surface area (Å²) < 4.78 is 10.9. The van der Waals surface area contributed by atoms with Crippen molar-refractivity contribution in [2.45, 2.75) is 19.8 Å². The van der Waals surface area contributed by atoms with Gasteiger partial charge in [0.1, 0.15) is 0 Å². The van der Waals surface area contributed by atoms with Crippen LogP contribution in [0, 0.1) is 6.92 Å². The molecule has 27 heavy (non-hydrogen) atoms. The first kappa shape index (κ1) is 20.3. The molecule has 0 aliphatic heterocycles. The Morgan fingerprint density at radius 3 is 2.44 bits per heavy atom. The summed E-state index contributed by atoms with van der Waals surface area (Å²) >= 11 is 0. The minimum Gasteiger partial charge on any atom is -0.493 e. The van der Waals surface area contributed by atoms with Crippen LogP contribution in [0.4, 0.5) is 0 Å². The maximum Gasteiger partial charge on any atom is 0.260 e. The van der Waals surface area contributed by atoms with Crippen LogP contribution in [0.15, 0.2) is 48.5 Å². The molecule has 0 atom stereocenters. The summed E-state index contributed by atoms with van der Waals surface area (Å²) in [6, 6.07) is 15.4. The van der Waals surface area contributed by atoms with Crippen LogP contribution in [0.2, 0.25) is 0 Å². The molecule has 2 rings (SSSR count). The molecule has 0 fully saturated rings. The van der Waals surface area contributed by atoms with Crippen LogP contribution in [-0.4, -0.2) is 43.5 Å². The van der Waals surface area contributed by atoms with Crippen molar-refractivity contribution in [2.75, 3.05) is 26.8 Å². The molecule has 2 aromatic rings. The number of primary amides is 1. The summed E-state index contributed by atoms with van der Waals surface area (Å²) in [7, 11) is 1.56. The molecule has 0 bridgehead atoms. The molecule has 2 aromatic carbocycles. The molecule has 144 valence electrons. The Kier molecular flexibility index (Phi) is 7.67. The highest BCUT2D eigenvalue weighted by Crippen LogP contribution is 2.27. The van der Waals surface area contributed by atoms with E-state index < -0.39 is 5.91 Å². The fourth-order valence-corrected chi connectivity index (χ4v) is 2.64. The molecule has 2 N–H and O–H groups in total. The molecule has 0 heterocycles.